The Labute approximate surface area is 157 Å². The highest BCUT2D eigenvalue weighted by molar-refractivity contribution is 5.89. The molecule has 5 nitrogen and oxygen atoms in total. The van der Waals surface area contributed by atoms with E-state index >= 15 is 0 Å². The molecule has 2 N–H and O–H groups in total. The van der Waals surface area contributed by atoms with E-state index < -0.39 is 0 Å². The van der Waals surface area contributed by atoms with E-state index in [2.05, 4.69) is 48.4 Å². The molecule has 2 saturated heterocycles. The number of ether oxygens (including phenoxy) is 1. The first-order valence-corrected chi connectivity index (χ1v) is 9.89. The predicted octanol–water partition coefficient (Wildman–Crippen LogP) is 3.61. The van der Waals surface area contributed by atoms with Crippen LogP contribution in [0.4, 0.5) is 10.5 Å². The highest BCUT2D eigenvalue weighted by Gasteiger charge is 2.27. The first-order chi connectivity index (χ1) is 12.4. The lowest BCUT2D eigenvalue weighted by Crippen LogP contribution is -2.44. The number of piperidine rings is 1. The number of amides is 2. The van der Waals surface area contributed by atoms with Crippen LogP contribution in [0.25, 0.3) is 0 Å². The number of carbonyl (C=O) groups is 1. The zero-order valence-electron chi connectivity index (χ0n) is 16.4. The van der Waals surface area contributed by atoms with Crippen LogP contribution in [0.1, 0.15) is 45.6 Å². The molecule has 5 heteroatoms. The number of urea groups is 1. The highest BCUT2D eigenvalue weighted by Crippen LogP contribution is 2.24. The first-order valence-electron chi connectivity index (χ1n) is 9.89. The molecule has 0 bridgehead atoms. The van der Waals surface area contributed by atoms with Gasteiger partial charge in [0.05, 0.1) is 6.61 Å². The van der Waals surface area contributed by atoms with E-state index in [1.165, 1.54) is 12.0 Å². The summed E-state index contributed by atoms with van der Waals surface area (Å²) in [6, 6.07) is 8.62. The van der Waals surface area contributed by atoms with Crippen molar-refractivity contribution < 1.29 is 9.53 Å². The van der Waals surface area contributed by atoms with Gasteiger partial charge in [-0.2, -0.15) is 0 Å². The van der Waals surface area contributed by atoms with Crippen LogP contribution in [-0.4, -0.2) is 49.8 Å². The van der Waals surface area contributed by atoms with E-state index in [9.17, 15) is 4.79 Å². The maximum absolute atomic E-state index is 12.2. The predicted molar refractivity (Wildman–Crippen MR) is 106 cm³/mol. The average Bonchev–Trinajstić information content (AvgIpc) is 3.15. The maximum Gasteiger partial charge on any atom is 0.319 e. The second kappa shape index (κ2) is 8.40. The van der Waals surface area contributed by atoms with Crippen LogP contribution in [0.3, 0.4) is 0 Å². The van der Waals surface area contributed by atoms with Gasteiger partial charge in [-0.05, 0) is 61.4 Å². The summed E-state index contributed by atoms with van der Waals surface area (Å²) in [7, 11) is 0. The second-order valence-corrected chi connectivity index (χ2v) is 8.66. The number of nitrogens with one attached hydrogen (secondary N) is 2. The van der Waals surface area contributed by atoms with Gasteiger partial charge in [0.15, 0.2) is 0 Å². The molecule has 2 fully saturated rings. The van der Waals surface area contributed by atoms with Gasteiger partial charge < -0.3 is 15.4 Å². The molecule has 2 heterocycles. The standard InChI is InChI=1S/C21H33N3O2/c1-21(2,3)17-4-6-18(7-5-17)23-20(25)22-14-16-8-11-24(12-9-16)19-10-13-26-15-19/h4-7,16,19H,8-15H2,1-3H3,(H2,22,23,25). The molecule has 1 aromatic rings. The van der Waals surface area contributed by atoms with Crippen LogP contribution < -0.4 is 10.6 Å². The maximum atomic E-state index is 12.2. The van der Waals surface area contributed by atoms with Crippen LogP contribution in [-0.2, 0) is 10.2 Å². The minimum absolute atomic E-state index is 0.111. The summed E-state index contributed by atoms with van der Waals surface area (Å²) < 4.78 is 5.49. The van der Waals surface area contributed by atoms with Gasteiger partial charge in [-0.1, -0.05) is 32.9 Å². The van der Waals surface area contributed by atoms with Crippen molar-refractivity contribution in [2.24, 2.45) is 5.92 Å². The SMILES string of the molecule is CC(C)(C)c1ccc(NC(=O)NCC2CCN(C3CCOC3)CC2)cc1. The van der Waals surface area contributed by atoms with Gasteiger partial charge in [-0.15, -0.1) is 0 Å². The molecule has 2 aliphatic heterocycles. The number of rotatable bonds is 4. The Kier molecular flexibility index (Phi) is 6.20. The third-order valence-electron chi connectivity index (χ3n) is 5.63. The molecule has 2 amide bonds. The Morgan fingerprint density at radius 2 is 1.85 bits per heavy atom. The van der Waals surface area contributed by atoms with Gasteiger partial charge in [0, 0.05) is 24.9 Å². The first kappa shape index (κ1) is 19.2. The van der Waals surface area contributed by atoms with E-state index in [1.807, 2.05) is 12.1 Å². The summed E-state index contributed by atoms with van der Waals surface area (Å²) in [6.45, 7) is 11.4. The largest absolute Gasteiger partial charge is 0.380 e. The van der Waals surface area contributed by atoms with Crippen molar-refractivity contribution in [1.29, 1.82) is 0 Å². The van der Waals surface area contributed by atoms with Gasteiger partial charge in [0.2, 0.25) is 0 Å². The quantitative estimate of drug-likeness (QED) is 0.863. The monoisotopic (exact) mass is 359 g/mol. The fraction of sp³-hybridized carbons (Fsp3) is 0.667. The van der Waals surface area contributed by atoms with E-state index in [0.29, 0.717) is 12.0 Å². The van der Waals surface area contributed by atoms with Gasteiger partial charge >= 0.3 is 6.03 Å². The highest BCUT2D eigenvalue weighted by atomic mass is 16.5. The fourth-order valence-electron chi connectivity index (χ4n) is 3.80. The van der Waals surface area contributed by atoms with Crippen LogP contribution >= 0.6 is 0 Å². The fourth-order valence-corrected chi connectivity index (χ4v) is 3.80. The third kappa shape index (κ3) is 5.21. The number of carbonyl (C=O) groups excluding carboxylic acids is 1. The lowest BCUT2D eigenvalue weighted by molar-refractivity contribution is 0.110. The van der Waals surface area contributed by atoms with E-state index in [4.69, 9.17) is 4.74 Å². The molecule has 1 unspecified atom stereocenters. The Bertz CT molecular complexity index is 580. The molecule has 144 valence electrons. The van der Waals surface area contributed by atoms with Crippen molar-refractivity contribution in [3.8, 4) is 0 Å². The summed E-state index contributed by atoms with van der Waals surface area (Å²) in [4.78, 5) is 14.7. The van der Waals surface area contributed by atoms with Crippen molar-refractivity contribution in [2.75, 3.05) is 38.2 Å². The third-order valence-corrected chi connectivity index (χ3v) is 5.63. The summed E-state index contributed by atoms with van der Waals surface area (Å²) in [5.41, 5.74) is 2.23. The molecule has 0 radical (unpaired) electrons. The molecular formula is C21H33N3O2. The average molecular weight is 360 g/mol. The molecule has 0 spiro atoms. The minimum Gasteiger partial charge on any atom is -0.380 e. The van der Waals surface area contributed by atoms with Crippen molar-refractivity contribution in [3.05, 3.63) is 29.8 Å². The van der Waals surface area contributed by atoms with Crippen molar-refractivity contribution >= 4 is 11.7 Å². The number of nitrogens with zero attached hydrogens (tertiary/aromatic N) is 1. The lowest BCUT2D eigenvalue weighted by Gasteiger charge is -2.35. The lowest BCUT2D eigenvalue weighted by atomic mass is 9.87. The molecule has 0 aromatic heterocycles. The number of likely N-dealkylation sites (tertiary alicyclic amines) is 1. The molecule has 1 atom stereocenters. The van der Waals surface area contributed by atoms with Gasteiger partial charge in [-0.25, -0.2) is 4.79 Å². The van der Waals surface area contributed by atoms with Crippen LogP contribution in [0.15, 0.2) is 24.3 Å². The topological polar surface area (TPSA) is 53.6 Å². The molecule has 1 aromatic carbocycles. The minimum atomic E-state index is -0.111. The van der Waals surface area contributed by atoms with Crippen LogP contribution in [0.5, 0.6) is 0 Å². The number of benzene rings is 1. The number of hydrogen-bond acceptors (Lipinski definition) is 3. The summed E-state index contributed by atoms with van der Waals surface area (Å²) in [6.07, 6.45) is 3.47. The number of anilines is 1. The molecule has 26 heavy (non-hydrogen) atoms. The van der Waals surface area contributed by atoms with Gasteiger partial charge in [0.25, 0.3) is 0 Å². The van der Waals surface area contributed by atoms with Crippen molar-refractivity contribution in [3.63, 3.8) is 0 Å². The van der Waals surface area contributed by atoms with Crippen LogP contribution in [0, 0.1) is 5.92 Å². The van der Waals surface area contributed by atoms with Gasteiger partial charge in [0.1, 0.15) is 0 Å². The molecule has 3 rings (SSSR count). The second-order valence-electron chi connectivity index (χ2n) is 8.66. The van der Waals surface area contributed by atoms with Crippen molar-refractivity contribution in [1.82, 2.24) is 10.2 Å². The van der Waals surface area contributed by atoms with E-state index in [1.54, 1.807) is 0 Å². The molecule has 2 aliphatic rings. The Morgan fingerprint density at radius 3 is 2.42 bits per heavy atom. The van der Waals surface area contributed by atoms with Crippen molar-refractivity contribution in [2.45, 2.75) is 51.5 Å². The van der Waals surface area contributed by atoms with Gasteiger partial charge in [-0.3, -0.25) is 4.90 Å². The van der Waals surface area contributed by atoms with E-state index in [-0.39, 0.29) is 11.4 Å². The Balaban J connectivity index is 1.38. The molecule has 0 saturated carbocycles. The van der Waals surface area contributed by atoms with Crippen LogP contribution in [0.2, 0.25) is 0 Å². The zero-order chi connectivity index (χ0) is 18.6. The number of hydrogen-bond donors (Lipinski definition) is 2. The molecule has 0 aliphatic carbocycles. The Morgan fingerprint density at radius 1 is 1.15 bits per heavy atom. The zero-order valence-corrected chi connectivity index (χ0v) is 16.4. The summed E-state index contributed by atoms with van der Waals surface area (Å²) >= 11 is 0. The summed E-state index contributed by atoms with van der Waals surface area (Å²) in [5, 5.41) is 5.97. The Hall–Kier alpha value is -1.59. The smallest absolute Gasteiger partial charge is 0.319 e. The van der Waals surface area contributed by atoms with E-state index in [0.717, 1.165) is 51.4 Å². The molecular weight excluding hydrogens is 326 g/mol. The summed E-state index contributed by atoms with van der Waals surface area (Å²) in [5.74, 6) is 0.572. The normalized spacial score (nSPS) is 22.3.